The van der Waals surface area contributed by atoms with Crippen LogP contribution < -0.4 is 0 Å². The van der Waals surface area contributed by atoms with Crippen molar-refractivity contribution in [2.75, 3.05) is 26.2 Å². The number of rotatable bonds is 4. The normalized spacial score (nSPS) is 14.2. The molecule has 1 aliphatic rings. The molecule has 1 saturated heterocycles. The molecule has 3 aromatic rings. The van der Waals surface area contributed by atoms with E-state index in [1.165, 1.54) is 11.0 Å². The molecular formula is C23H23F2N5O2. The highest BCUT2D eigenvalue weighted by Crippen LogP contribution is 2.24. The summed E-state index contributed by atoms with van der Waals surface area (Å²) in [5.74, 6) is -1.93. The smallest absolute Gasteiger partial charge is 0.257 e. The van der Waals surface area contributed by atoms with Crippen LogP contribution in [0, 0.1) is 11.6 Å². The van der Waals surface area contributed by atoms with Gasteiger partial charge < -0.3 is 9.80 Å². The number of pyridine rings is 1. The predicted molar refractivity (Wildman–Crippen MR) is 114 cm³/mol. The van der Waals surface area contributed by atoms with E-state index < -0.39 is 11.6 Å². The maximum atomic E-state index is 13.5. The Morgan fingerprint density at radius 1 is 0.938 bits per heavy atom. The third-order valence-corrected chi connectivity index (χ3v) is 5.47. The van der Waals surface area contributed by atoms with Crippen molar-refractivity contribution in [1.82, 2.24) is 24.6 Å². The standard InChI is InChI=1S/C23H23F2N5O2/c1-15(2)21-17(14-27-30(21)20-5-3-4-8-26-20)23(32)29-11-9-28(10-12-29)22(31)16-6-7-18(24)19(25)13-16/h3-8,13-15H,9-12H2,1-2H3. The summed E-state index contributed by atoms with van der Waals surface area (Å²) in [6.45, 7) is 5.25. The van der Waals surface area contributed by atoms with E-state index in [-0.39, 0.29) is 23.3 Å². The Bertz CT molecular complexity index is 1140. The van der Waals surface area contributed by atoms with Crippen molar-refractivity contribution in [1.29, 1.82) is 0 Å². The first-order valence-corrected chi connectivity index (χ1v) is 10.4. The number of carbonyl (C=O) groups is 2. The van der Waals surface area contributed by atoms with Gasteiger partial charge in [0.25, 0.3) is 11.8 Å². The van der Waals surface area contributed by atoms with Crippen LogP contribution in [0.4, 0.5) is 8.78 Å². The van der Waals surface area contributed by atoms with Gasteiger partial charge in [-0.3, -0.25) is 9.59 Å². The molecule has 1 fully saturated rings. The van der Waals surface area contributed by atoms with Crippen LogP contribution in [-0.4, -0.2) is 62.6 Å². The Kier molecular flexibility index (Phi) is 5.98. The second-order valence-electron chi connectivity index (χ2n) is 7.91. The van der Waals surface area contributed by atoms with Crippen LogP contribution in [0.25, 0.3) is 5.82 Å². The van der Waals surface area contributed by atoms with E-state index in [9.17, 15) is 18.4 Å². The molecule has 0 aliphatic carbocycles. The Balaban J connectivity index is 1.48. The third kappa shape index (κ3) is 4.10. The van der Waals surface area contributed by atoms with Crippen LogP contribution >= 0.6 is 0 Å². The Morgan fingerprint density at radius 2 is 1.62 bits per heavy atom. The number of hydrogen-bond donors (Lipinski definition) is 0. The van der Waals surface area contributed by atoms with Gasteiger partial charge in [-0.05, 0) is 36.2 Å². The maximum absolute atomic E-state index is 13.5. The molecule has 0 atom stereocenters. The van der Waals surface area contributed by atoms with Crippen molar-refractivity contribution in [3.8, 4) is 5.82 Å². The summed E-state index contributed by atoms with van der Waals surface area (Å²) in [5, 5.41) is 4.40. The van der Waals surface area contributed by atoms with Crippen LogP contribution in [0.2, 0.25) is 0 Å². The fourth-order valence-corrected chi connectivity index (χ4v) is 3.83. The minimum atomic E-state index is -1.06. The number of carbonyl (C=O) groups excluding carboxylic acids is 2. The van der Waals surface area contributed by atoms with Gasteiger partial charge in [0.1, 0.15) is 0 Å². The van der Waals surface area contributed by atoms with E-state index in [1.54, 1.807) is 22.0 Å². The van der Waals surface area contributed by atoms with Crippen LogP contribution in [0.5, 0.6) is 0 Å². The van der Waals surface area contributed by atoms with E-state index in [2.05, 4.69) is 10.1 Å². The summed E-state index contributed by atoms with van der Waals surface area (Å²) in [5.41, 5.74) is 1.36. The molecule has 166 valence electrons. The van der Waals surface area contributed by atoms with Gasteiger partial charge in [-0.2, -0.15) is 5.10 Å². The lowest BCUT2D eigenvalue weighted by Crippen LogP contribution is -2.50. The largest absolute Gasteiger partial charge is 0.335 e. The monoisotopic (exact) mass is 439 g/mol. The SMILES string of the molecule is CC(C)c1c(C(=O)N2CCN(C(=O)c3ccc(F)c(F)c3)CC2)cnn1-c1ccccn1. The van der Waals surface area contributed by atoms with Gasteiger partial charge in [0, 0.05) is 37.9 Å². The molecule has 1 aliphatic heterocycles. The van der Waals surface area contributed by atoms with Gasteiger partial charge in [0.15, 0.2) is 17.5 Å². The van der Waals surface area contributed by atoms with E-state index in [4.69, 9.17) is 0 Å². The average Bonchev–Trinajstić information content (AvgIpc) is 3.26. The molecule has 2 amide bonds. The molecular weight excluding hydrogens is 416 g/mol. The van der Waals surface area contributed by atoms with Crippen LogP contribution in [0.15, 0.2) is 48.8 Å². The van der Waals surface area contributed by atoms with Gasteiger partial charge in [0.05, 0.1) is 17.5 Å². The zero-order valence-corrected chi connectivity index (χ0v) is 17.8. The van der Waals surface area contributed by atoms with Crippen molar-refractivity contribution >= 4 is 11.8 Å². The third-order valence-electron chi connectivity index (χ3n) is 5.47. The first-order chi connectivity index (χ1) is 15.4. The van der Waals surface area contributed by atoms with Gasteiger partial charge in [0.2, 0.25) is 0 Å². The first kappa shape index (κ1) is 21.6. The molecule has 32 heavy (non-hydrogen) atoms. The second-order valence-corrected chi connectivity index (χ2v) is 7.91. The summed E-state index contributed by atoms with van der Waals surface area (Å²) in [6.07, 6.45) is 3.23. The number of piperazine rings is 1. The Labute approximate surface area is 184 Å². The molecule has 2 aromatic heterocycles. The Morgan fingerprint density at radius 3 is 2.22 bits per heavy atom. The highest BCUT2D eigenvalue weighted by atomic mass is 19.2. The molecule has 0 spiro atoms. The van der Waals surface area contributed by atoms with E-state index in [1.807, 2.05) is 32.0 Å². The quantitative estimate of drug-likeness (QED) is 0.626. The Hall–Kier alpha value is -3.62. The van der Waals surface area contributed by atoms with E-state index in [0.717, 1.165) is 17.8 Å². The highest BCUT2D eigenvalue weighted by Gasteiger charge is 2.29. The molecule has 0 unspecified atom stereocenters. The summed E-state index contributed by atoms with van der Waals surface area (Å²) < 4.78 is 28.3. The zero-order valence-electron chi connectivity index (χ0n) is 17.8. The van der Waals surface area contributed by atoms with Gasteiger partial charge >= 0.3 is 0 Å². The minimum absolute atomic E-state index is 0.0368. The molecule has 3 heterocycles. The number of hydrogen-bond acceptors (Lipinski definition) is 4. The zero-order chi connectivity index (χ0) is 22.8. The molecule has 1 aromatic carbocycles. The molecule has 9 heteroatoms. The molecule has 0 bridgehead atoms. The molecule has 0 N–H and O–H groups in total. The molecule has 4 rings (SSSR count). The lowest BCUT2D eigenvalue weighted by molar-refractivity contribution is 0.0534. The van der Waals surface area contributed by atoms with Crippen molar-refractivity contribution in [3.63, 3.8) is 0 Å². The maximum Gasteiger partial charge on any atom is 0.257 e. The van der Waals surface area contributed by atoms with Gasteiger partial charge in [-0.25, -0.2) is 18.4 Å². The summed E-state index contributed by atoms with van der Waals surface area (Å²) >= 11 is 0. The number of benzene rings is 1. The molecule has 0 saturated carbocycles. The summed E-state index contributed by atoms with van der Waals surface area (Å²) in [6, 6.07) is 8.61. The number of nitrogens with zero attached hydrogens (tertiary/aromatic N) is 5. The van der Waals surface area contributed by atoms with Crippen molar-refractivity contribution in [2.45, 2.75) is 19.8 Å². The molecule has 0 radical (unpaired) electrons. The lowest BCUT2D eigenvalue weighted by Gasteiger charge is -2.35. The van der Waals surface area contributed by atoms with Crippen LogP contribution in [0.1, 0.15) is 46.2 Å². The predicted octanol–water partition coefficient (Wildman–Crippen LogP) is 3.27. The fraction of sp³-hybridized carbons (Fsp3) is 0.304. The first-order valence-electron chi connectivity index (χ1n) is 10.4. The summed E-state index contributed by atoms with van der Waals surface area (Å²) in [7, 11) is 0. The minimum Gasteiger partial charge on any atom is -0.335 e. The van der Waals surface area contributed by atoms with Crippen LogP contribution in [-0.2, 0) is 0 Å². The van der Waals surface area contributed by atoms with E-state index >= 15 is 0 Å². The number of halogens is 2. The lowest BCUT2D eigenvalue weighted by atomic mass is 10.0. The second kappa shape index (κ2) is 8.86. The number of amides is 2. The fourth-order valence-electron chi connectivity index (χ4n) is 3.83. The van der Waals surface area contributed by atoms with Crippen molar-refractivity contribution in [2.24, 2.45) is 0 Å². The average molecular weight is 439 g/mol. The number of aromatic nitrogens is 3. The van der Waals surface area contributed by atoms with Crippen molar-refractivity contribution < 1.29 is 18.4 Å². The highest BCUT2D eigenvalue weighted by molar-refractivity contribution is 5.96. The molecule has 7 nitrogen and oxygen atoms in total. The van der Waals surface area contributed by atoms with Crippen molar-refractivity contribution in [3.05, 3.63) is 77.2 Å². The van der Waals surface area contributed by atoms with Gasteiger partial charge in [-0.1, -0.05) is 19.9 Å². The summed E-state index contributed by atoms with van der Waals surface area (Å²) in [4.78, 5) is 33.4. The van der Waals surface area contributed by atoms with E-state index in [0.29, 0.717) is 37.6 Å². The van der Waals surface area contributed by atoms with Gasteiger partial charge in [-0.15, -0.1) is 0 Å². The van der Waals surface area contributed by atoms with Crippen LogP contribution in [0.3, 0.4) is 0 Å². The topological polar surface area (TPSA) is 71.3 Å².